The maximum atomic E-state index is 4.59. The van der Waals surface area contributed by atoms with Crippen LogP contribution in [-0.2, 0) is 6.42 Å². The van der Waals surface area contributed by atoms with Crippen molar-refractivity contribution in [3.05, 3.63) is 53.1 Å². The fourth-order valence-corrected chi connectivity index (χ4v) is 4.49. The summed E-state index contributed by atoms with van der Waals surface area (Å²) in [5, 5.41) is 3.61. The molecule has 0 aliphatic heterocycles. The lowest BCUT2D eigenvalue weighted by molar-refractivity contribution is 0.446. The SMILES string of the molecule is c1ccc(Cc2ncnc3scc(C4CCCCC4)c23)nc1. The molecule has 1 fully saturated rings. The molecule has 0 aromatic carbocycles. The number of hydrogen-bond donors (Lipinski definition) is 0. The topological polar surface area (TPSA) is 38.7 Å². The van der Waals surface area contributed by atoms with E-state index < -0.39 is 0 Å². The average Bonchev–Trinajstić information content (AvgIpc) is 3.02. The van der Waals surface area contributed by atoms with Crippen molar-refractivity contribution < 1.29 is 0 Å². The molecule has 3 nitrogen and oxygen atoms in total. The van der Waals surface area contributed by atoms with Crippen LogP contribution in [-0.4, -0.2) is 15.0 Å². The Hall–Kier alpha value is -1.81. The van der Waals surface area contributed by atoms with Gasteiger partial charge in [-0.25, -0.2) is 9.97 Å². The van der Waals surface area contributed by atoms with E-state index in [1.165, 1.54) is 43.1 Å². The molecule has 4 rings (SSSR count). The molecular weight excluding hydrogens is 290 g/mol. The van der Waals surface area contributed by atoms with Gasteiger partial charge in [0.2, 0.25) is 0 Å². The summed E-state index contributed by atoms with van der Waals surface area (Å²) in [7, 11) is 0. The highest BCUT2D eigenvalue weighted by Gasteiger charge is 2.21. The van der Waals surface area contributed by atoms with Crippen molar-refractivity contribution in [1.82, 2.24) is 15.0 Å². The number of thiophene rings is 1. The van der Waals surface area contributed by atoms with Gasteiger partial charge in [0.25, 0.3) is 0 Å². The molecule has 4 heteroatoms. The molecule has 0 unspecified atom stereocenters. The van der Waals surface area contributed by atoms with Crippen LogP contribution in [0.4, 0.5) is 0 Å². The zero-order valence-corrected chi connectivity index (χ0v) is 13.4. The predicted molar refractivity (Wildman–Crippen MR) is 90.3 cm³/mol. The fourth-order valence-electron chi connectivity index (χ4n) is 3.48. The number of fused-ring (bicyclic) bond motifs is 1. The zero-order chi connectivity index (χ0) is 14.8. The Morgan fingerprint density at radius 1 is 1.05 bits per heavy atom. The average molecular weight is 309 g/mol. The Balaban J connectivity index is 1.76. The number of hydrogen-bond acceptors (Lipinski definition) is 4. The van der Waals surface area contributed by atoms with E-state index in [0.29, 0.717) is 5.92 Å². The lowest BCUT2D eigenvalue weighted by Crippen LogP contribution is -2.05. The minimum absolute atomic E-state index is 0.691. The maximum Gasteiger partial charge on any atom is 0.127 e. The Morgan fingerprint density at radius 3 is 2.77 bits per heavy atom. The van der Waals surface area contributed by atoms with Crippen molar-refractivity contribution in [2.75, 3.05) is 0 Å². The van der Waals surface area contributed by atoms with Gasteiger partial charge in [-0.2, -0.15) is 0 Å². The van der Waals surface area contributed by atoms with Gasteiger partial charge in [0.05, 0.1) is 5.69 Å². The molecule has 0 atom stereocenters. The molecule has 22 heavy (non-hydrogen) atoms. The standard InChI is InChI=1S/C18H19N3S/c1-2-6-13(7-3-1)15-11-22-18-17(15)16(20-12-21-18)10-14-8-4-5-9-19-14/h4-5,8-9,11-13H,1-3,6-7,10H2. The Bertz CT molecular complexity index is 760. The van der Waals surface area contributed by atoms with Crippen molar-refractivity contribution in [2.45, 2.75) is 44.4 Å². The molecule has 3 aromatic rings. The van der Waals surface area contributed by atoms with Crippen LogP contribution in [0.1, 0.15) is 55.0 Å². The van der Waals surface area contributed by atoms with Gasteiger partial charge in [-0.05, 0) is 41.8 Å². The largest absolute Gasteiger partial charge is 0.261 e. The van der Waals surface area contributed by atoms with E-state index in [9.17, 15) is 0 Å². The Morgan fingerprint density at radius 2 is 1.95 bits per heavy atom. The first-order valence-electron chi connectivity index (χ1n) is 8.02. The zero-order valence-electron chi connectivity index (χ0n) is 12.5. The van der Waals surface area contributed by atoms with Gasteiger partial charge in [0, 0.05) is 23.7 Å². The summed E-state index contributed by atoms with van der Waals surface area (Å²) in [6, 6.07) is 6.06. The summed E-state index contributed by atoms with van der Waals surface area (Å²) in [4.78, 5) is 14.6. The van der Waals surface area contributed by atoms with E-state index in [0.717, 1.165) is 22.6 Å². The minimum Gasteiger partial charge on any atom is -0.261 e. The van der Waals surface area contributed by atoms with Gasteiger partial charge in [-0.1, -0.05) is 25.3 Å². The molecule has 0 amide bonds. The van der Waals surface area contributed by atoms with Gasteiger partial charge in [-0.15, -0.1) is 11.3 Å². The van der Waals surface area contributed by atoms with E-state index in [4.69, 9.17) is 0 Å². The molecular formula is C18H19N3S. The monoisotopic (exact) mass is 309 g/mol. The second-order valence-corrected chi connectivity index (χ2v) is 6.88. The van der Waals surface area contributed by atoms with Crippen molar-refractivity contribution in [3.8, 4) is 0 Å². The van der Waals surface area contributed by atoms with Crippen LogP contribution in [0, 0.1) is 0 Å². The van der Waals surface area contributed by atoms with Crippen molar-refractivity contribution in [1.29, 1.82) is 0 Å². The highest BCUT2D eigenvalue weighted by atomic mass is 32.1. The van der Waals surface area contributed by atoms with E-state index >= 15 is 0 Å². The number of rotatable bonds is 3. The summed E-state index contributed by atoms with van der Waals surface area (Å²) in [6.07, 6.45) is 11.0. The normalized spacial score (nSPS) is 16.2. The molecule has 0 spiro atoms. The quantitative estimate of drug-likeness (QED) is 0.702. The summed E-state index contributed by atoms with van der Waals surface area (Å²) < 4.78 is 0. The molecule has 0 bridgehead atoms. The first-order valence-corrected chi connectivity index (χ1v) is 8.90. The van der Waals surface area contributed by atoms with Crippen LogP contribution < -0.4 is 0 Å². The highest BCUT2D eigenvalue weighted by Crippen LogP contribution is 2.39. The number of aromatic nitrogens is 3. The first-order chi connectivity index (χ1) is 10.9. The molecule has 3 heterocycles. The Labute approximate surface area is 134 Å². The van der Waals surface area contributed by atoms with Crippen LogP contribution in [0.25, 0.3) is 10.2 Å². The van der Waals surface area contributed by atoms with Gasteiger partial charge < -0.3 is 0 Å². The van der Waals surface area contributed by atoms with Crippen LogP contribution >= 0.6 is 11.3 Å². The third kappa shape index (κ3) is 2.63. The summed E-state index contributed by atoms with van der Waals surface area (Å²) in [6.45, 7) is 0. The minimum atomic E-state index is 0.691. The van der Waals surface area contributed by atoms with Crippen LogP contribution in [0.5, 0.6) is 0 Å². The molecule has 0 saturated heterocycles. The second-order valence-electron chi connectivity index (χ2n) is 6.02. The molecule has 0 radical (unpaired) electrons. The van der Waals surface area contributed by atoms with E-state index in [1.807, 2.05) is 18.3 Å². The van der Waals surface area contributed by atoms with Crippen LogP contribution in [0.3, 0.4) is 0 Å². The molecule has 1 aliphatic carbocycles. The second kappa shape index (κ2) is 6.13. The first kappa shape index (κ1) is 13.8. The third-order valence-electron chi connectivity index (χ3n) is 4.60. The summed E-state index contributed by atoms with van der Waals surface area (Å²) in [5.74, 6) is 0.691. The third-order valence-corrected chi connectivity index (χ3v) is 5.50. The molecule has 0 N–H and O–H groups in total. The van der Waals surface area contributed by atoms with Crippen molar-refractivity contribution in [3.63, 3.8) is 0 Å². The van der Waals surface area contributed by atoms with Crippen molar-refractivity contribution >= 4 is 21.6 Å². The van der Waals surface area contributed by atoms with Gasteiger partial charge >= 0.3 is 0 Å². The van der Waals surface area contributed by atoms with Crippen molar-refractivity contribution in [2.24, 2.45) is 0 Å². The highest BCUT2D eigenvalue weighted by molar-refractivity contribution is 7.17. The van der Waals surface area contributed by atoms with E-state index in [1.54, 1.807) is 17.7 Å². The molecule has 1 aliphatic rings. The maximum absolute atomic E-state index is 4.59. The molecule has 3 aromatic heterocycles. The number of pyridine rings is 1. The van der Waals surface area contributed by atoms with Crippen LogP contribution in [0.15, 0.2) is 36.1 Å². The Kier molecular flexibility index (Phi) is 3.85. The van der Waals surface area contributed by atoms with Gasteiger partial charge in [0.15, 0.2) is 0 Å². The lowest BCUT2D eigenvalue weighted by Gasteiger charge is -2.21. The molecule has 112 valence electrons. The predicted octanol–water partition coefficient (Wildman–Crippen LogP) is 4.72. The number of nitrogens with zero attached hydrogens (tertiary/aromatic N) is 3. The van der Waals surface area contributed by atoms with E-state index in [-0.39, 0.29) is 0 Å². The van der Waals surface area contributed by atoms with E-state index in [2.05, 4.69) is 26.4 Å². The summed E-state index contributed by atoms with van der Waals surface area (Å²) in [5.41, 5.74) is 3.68. The smallest absolute Gasteiger partial charge is 0.127 e. The van der Waals surface area contributed by atoms with Gasteiger partial charge in [-0.3, -0.25) is 4.98 Å². The molecule has 1 saturated carbocycles. The van der Waals surface area contributed by atoms with Crippen LogP contribution in [0.2, 0.25) is 0 Å². The lowest BCUT2D eigenvalue weighted by atomic mass is 9.84. The summed E-state index contributed by atoms with van der Waals surface area (Å²) >= 11 is 1.76. The fraction of sp³-hybridized carbons (Fsp3) is 0.389. The van der Waals surface area contributed by atoms with Gasteiger partial charge in [0.1, 0.15) is 11.2 Å².